The Bertz CT molecular complexity index is 693. The Morgan fingerprint density at radius 3 is 2.08 bits per heavy atom. The van der Waals surface area contributed by atoms with E-state index in [-0.39, 0.29) is 4.90 Å². The molecule has 1 saturated heterocycles. The van der Waals surface area contributed by atoms with Crippen LogP contribution in [0.3, 0.4) is 0 Å². The molecule has 0 spiro atoms. The van der Waals surface area contributed by atoms with E-state index >= 15 is 0 Å². The first kappa shape index (κ1) is 18.3. The fourth-order valence-electron chi connectivity index (χ4n) is 2.66. The second-order valence-corrected chi connectivity index (χ2v) is 7.83. The van der Waals surface area contributed by atoms with Crippen molar-refractivity contribution in [2.24, 2.45) is 4.40 Å². The van der Waals surface area contributed by atoms with Gasteiger partial charge in [-0.1, -0.05) is 18.2 Å². The van der Waals surface area contributed by atoms with Crippen LogP contribution in [0.15, 0.2) is 51.5 Å². The molecule has 1 aliphatic rings. The molecule has 0 aromatic heterocycles. The Hall–Kier alpha value is -2.02. The maximum absolute atomic E-state index is 12.6. The van der Waals surface area contributed by atoms with Gasteiger partial charge >= 0.3 is 0 Å². The second kappa shape index (κ2) is 7.70. The fourth-order valence-corrected chi connectivity index (χ4v) is 3.68. The van der Waals surface area contributed by atoms with Crippen LogP contribution < -0.4 is 0 Å². The molecule has 1 aromatic carbocycles. The smallest absolute Gasteiger partial charge is 0.284 e. The summed E-state index contributed by atoms with van der Waals surface area (Å²) < 4.78 is 29.5. The SMILES string of the molecule is CN(C)C(=C/C(=N/S(=O)(=O)c1ccccc1)N1CCCC1)N(C)C. The van der Waals surface area contributed by atoms with Crippen molar-refractivity contribution in [2.45, 2.75) is 17.7 Å². The lowest BCUT2D eigenvalue weighted by molar-refractivity contribution is 0.342. The predicted octanol–water partition coefficient (Wildman–Crippen LogP) is 1.83. The van der Waals surface area contributed by atoms with Gasteiger partial charge in [-0.2, -0.15) is 8.42 Å². The Labute approximate surface area is 145 Å². The minimum atomic E-state index is -3.73. The molecule has 1 fully saturated rings. The van der Waals surface area contributed by atoms with Crippen molar-refractivity contribution < 1.29 is 8.42 Å². The molecule has 0 atom stereocenters. The highest BCUT2D eigenvalue weighted by atomic mass is 32.2. The van der Waals surface area contributed by atoms with Crippen molar-refractivity contribution in [3.05, 3.63) is 42.2 Å². The van der Waals surface area contributed by atoms with Crippen molar-refractivity contribution in [1.82, 2.24) is 14.7 Å². The highest BCUT2D eigenvalue weighted by Gasteiger charge is 2.21. The average Bonchev–Trinajstić information content (AvgIpc) is 3.05. The minimum absolute atomic E-state index is 0.214. The third kappa shape index (κ3) is 4.50. The Kier molecular flexibility index (Phi) is 5.88. The molecule has 1 heterocycles. The van der Waals surface area contributed by atoms with E-state index in [9.17, 15) is 8.42 Å². The number of sulfonamides is 1. The number of hydrogen-bond donors (Lipinski definition) is 0. The van der Waals surface area contributed by atoms with Crippen molar-refractivity contribution >= 4 is 15.9 Å². The number of benzene rings is 1. The molecule has 0 radical (unpaired) electrons. The molecule has 0 unspecified atom stereocenters. The van der Waals surface area contributed by atoms with Crippen LogP contribution in [0.1, 0.15) is 12.8 Å². The third-order valence-electron chi connectivity index (χ3n) is 3.86. The summed E-state index contributed by atoms with van der Waals surface area (Å²) in [6.07, 6.45) is 3.95. The van der Waals surface area contributed by atoms with E-state index in [1.54, 1.807) is 30.3 Å². The average molecular weight is 350 g/mol. The molecular formula is C17H26N4O2S. The summed E-state index contributed by atoms with van der Waals surface area (Å²) in [5, 5.41) is 0. The summed E-state index contributed by atoms with van der Waals surface area (Å²) >= 11 is 0. The molecular weight excluding hydrogens is 324 g/mol. The van der Waals surface area contributed by atoms with Crippen LogP contribution in [-0.2, 0) is 10.0 Å². The van der Waals surface area contributed by atoms with Crippen molar-refractivity contribution in [3.63, 3.8) is 0 Å². The van der Waals surface area contributed by atoms with Crippen LogP contribution >= 0.6 is 0 Å². The third-order valence-corrected chi connectivity index (χ3v) is 5.15. The molecule has 1 aromatic rings. The van der Waals surface area contributed by atoms with Crippen LogP contribution in [0.4, 0.5) is 0 Å². The van der Waals surface area contributed by atoms with E-state index < -0.39 is 10.0 Å². The summed E-state index contributed by atoms with van der Waals surface area (Å²) in [5.41, 5.74) is 0. The van der Waals surface area contributed by atoms with E-state index in [0.717, 1.165) is 31.8 Å². The number of likely N-dealkylation sites (tertiary alicyclic amines) is 1. The van der Waals surface area contributed by atoms with E-state index in [1.165, 1.54) is 0 Å². The van der Waals surface area contributed by atoms with Gasteiger partial charge in [-0.3, -0.25) is 0 Å². The molecule has 7 heteroatoms. The molecule has 0 N–H and O–H groups in total. The van der Waals surface area contributed by atoms with Crippen molar-refractivity contribution in [3.8, 4) is 0 Å². The van der Waals surface area contributed by atoms with E-state index in [4.69, 9.17) is 0 Å². The van der Waals surface area contributed by atoms with Crippen molar-refractivity contribution in [2.75, 3.05) is 41.3 Å². The van der Waals surface area contributed by atoms with Gasteiger partial charge in [0.1, 0.15) is 11.7 Å². The van der Waals surface area contributed by atoms with Gasteiger partial charge in [0.2, 0.25) is 0 Å². The summed E-state index contributed by atoms with van der Waals surface area (Å²) in [5.74, 6) is 1.39. The maximum atomic E-state index is 12.6. The standard InChI is InChI=1S/C17H26N4O2S/c1-19(2)17(20(3)4)14-16(21-12-8-9-13-21)18-24(22,23)15-10-6-5-7-11-15/h5-7,10-11,14H,8-9,12-13H2,1-4H3/b18-16-. The maximum Gasteiger partial charge on any atom is 0.284 e. The Balaban J connectivity index is 2.48. The largest absolute Gasteiger partial charge is 0.364 e. The highest BCUT2D eigenvalue weighted by Crippen LogP contribution is 2.17. The first-order valence-corrected chi connectivity index (χ1v) is 9.46. The van der Waals surface area contributed by atoms with Gasteiger partial charge in [-0.05, 0) is 25.0 Å². The molecule has 24 heavy (non-hydrogen) atoms. The normalized spacial score (nSPS) is 15.3. The molecule has 0 bridgehead atoms. The van der Waals surface area contributed by atoms with E-state index in [0.29, 0.717) is 5.84 Å². The monoisotopic (exact) mass is 350 g/mol. The van der Waals surface area contributed by atoms with E-state index in [1.807, 2.05) is 49.0 Å². The van der Waals surface area contributed by atoms with Gasteiger partial charge in [0.05, 0.1) is 4.90 Å². The number of hydrogen-bond acceptors (Lipinski definition) is 4. The molecule has 0 aliphatic carbocycles. The van der Waals surface area contributed by atoms with Gasteiger partial charge in [0, 0.05) is 47.4 Å². The molecule has 2 rings (SSSR count). The molecule has 6 nitrogen and oxygen atoms in total. The highest BCUT2D eigenvalue weighted by molar-refractivity contribution is 7.90. The summed E-state index contributed by atoms with van der Waals surface area (Å²) in [6, 6.07) is 8.35. The van der Waals surface area contributed by atoms with Gasteiger partial charge in [0.15, 0.2) is 0 Å². The summed E-state index contributed by atoms with van der Waals surface area (Å²) in [6.45, 7) is 1.65. The quantitative estimate of drug-likeness (QED) is 0.599. The minimum Gasteiger partial charge on any atom is -0.364 e. The number of rotatable bonds is 5. The van der Waals surface area contributed by atoms with Gasteiger partial charge in [-0.15, -0.1) is 4.40 Å². The lowest BCUT2D eigenvalue weighted by atomic mass is 10.4. The van der Waals surface area contributed by atoms with Gasteiger partial charge in [0.25, 0.3) is 10.0 Å². The van der Waals surface area contributed by atoms with Crippen LogP contribution in [-0.4, -0.2) is 70.2 Å². The first-order valence-electron chi connectivity index (χ1n) is 8.02. The lowest BCUT2D eigenvalue weighted by Gasteiger charge is -2.26. The van der Waals surface area contributed by atoms with Gasteiger partial charge in [-0.25, -0.2) is 0 Å². The lowest BCUT2D eigenvalue weighted by Crippen LogP contribution is -2.31. The molecule has 1 aliphatic heterocycles. The topological polar surface area (TPSA) is 56.2 Å². The first-order chi connectivity index (χ1) is 11.3. The molecule has 0 amide bonds. The van der Waals surface area contributed by atoms with E-state index in [2.05, 4.69) is 4.40 Å². The van der Waals surface area contributed by atoms with Gasteiger partial charge < -0.3 is 14.7 Å². The predicted molar refractivity (Wildman–Crippen MR) is 97.3 cm³/mol. The summed E-state index contributed by atoms with van der Waals surface area (Å²) in [7, 11) is 3.99. The number of amidine groups is 1. The zero-order chi connectivity index (χ0) is 17.7. The Morgan fingerprint density at radius 2 is 1.58 bits per heavy atom. The Morgan fingerprint density at radius 1 is 1.04 bits per heavy atom. The molecule has 0 saturated carbocycles. The van der Waals surface area contributed by atoms with Crippen LogP contribution in [0.25, 0.3) is 0 Å². The molecule has 132 valence electrons. The summed E-state index contributed by atoms with van der Waals surface area (Å²) in [4.78, 5) is 6.14. The van der Waals surface area contributed by atoms with Crippen molar-refractivity contribution in [1.29, 1.82) is 0 Å². The fraction of sp³-hybridized carbons (Fsp3) is 0.471. The zero-order valence-electron chi connectivity index (χ0n) is 14.8. The second-order valence-electron chi connectivity index (χ2n) is 6.22. The zero-order valence-corrected chi connectivity index (χ0v) is 15.6. The van der Waals surface area contributed by atoms with Crippen LogP contribution in [0, 0.1) is 0 Å². The van der Waals surface area contributed by atoms with Crippen LogP contribution in [0.2, 0.25) is 0 Å². The number of nitrogens with zero attached hydrogens (tertiary/aromatic N) is 4. The van der Waals surface area contributed by atoms with Crippen LogP contribution in [0.5, 0.6) is 0 Å².